The highest BCUT2D eigenvalue weighted by atomic mass is 17.5. The topological polar surface area (TPSA) is 98.8 Å². The summed E-state index contributed by atoms with van der Waals surface area (Å²) < 4.78 is 19.8. The predicted octanol–water partition coefficient (Wildman–Crippen LogP) is 2.29. The van der Waals surface area contributed by atoms with Gasteiger partial charge in [0.15, 0.2) is 11.5 Å². The van der Waals surface area contributed by atoms with Crippen molar-refractivity contribution >= 4 is 12.1 Å². The summed E-state index contributed by atoms with van der Waals surface area (Å²) in [4.78, 5) is 31.3. The van der Waals surface area contributed by atoms with Crippen molar-refractivity contribution in [3.8, 4) is 11.5 Å². The zero-order valence-corrected chi connectivity index (χ0v) is 13.7. The quantitative estimate of drug-likeness (QED) is 0.274. The van der Waals surface area contributed by atoms with Gasteiger partial charge in [0.05, 0.1) is 31.4 Å². The van der Waals surface area contributed by atoms with Crippen LogP contribution in [0, 0.1) is 0 Å². The van der Waals surface area contributed by atoms with Crippen LogP contribution < -0.4 is 9.47 Å². The summed E-state index contributed by atoms with van der Waals surface area (Å²) in [6.07, 6.45) is -0.296. The molecule has 0 amide bonds. The second-order valence-electron chi connectivity index (χ2n) is 4.30. The fraction of sp³-hybridized carbons (Fsp3) is 0.467. The van der Waals surface area contributed by atoms with Crippen molar-refractivity contribution in [3.63, 3.8) is 0 Å². The third kappa shape index (κ3) is 6.71. The van der Waals surface area contributed by atoms with Crippen molar-refractivity contribution in [1.82, 2.24) is 0 Å². The van der Waals surface area contributed by atoms with Crippen LogP contribution in [0.5, 0.6) is 11.5 Å². The number of carbonyl (C=O) groups is 2. The molecule has 0 aliphatic heterocycles. The van der Waals surface area contributed by atoms with Gasteiger partial charge in [-0.2, -0.15) is 0 Å². The first-order valence-electron chi connectivity index (χ1n) is 7.14. The first-order chi connectivity index (χ1) is 11.6. The largest absolute Gasteiger partial charge is 0.543 e. The summed E-state index contributed by atoms with van der Waals surface area (Å²) in [5.41, 5.74) is 0.109. The standard InChI is InChI=1S/C15H20O9/c1-4-7-20-8-9-21-15(17)23-24-22-14(16)11-5-6-12(18-2)13(10-11)19-3/h5-6,10H,4,7-9H2,1-3H3. The molecule has 0 bridgehead atoms. The Hall–Kier alpha value is -2.52. The molecule has 0 saturated heterocycles. The molecule has 9 nitrogen and oxygen atoms in total. The van der Waals surface area contributed by atoms with Gasteiger partial charge in [-0.05, 0) is 24.6 Å². The highest BCUT2D eigenvalue weighted by molar-refractivity contribution is 5.89. The van der Waals surface area contributed by atoms with Crippen LogP contribution in [0.4, 0.5) is 4.79 Å². The summed E-state index contributed by atoms with van der Waals surface area (Å²) in [7, 11) is 2.89. The lowest BCUT2D eigenvalue weighted by Gasteiger charge is -2.08. The van der Waals surface area contributed by atoms with Gasteiger partial charge in [0, 0.05) is 6.61 Å². The van der Waals surface area contributed by atoms with Crippen LogP contribution in [0.1, 0.15) is 23.7 Å². The van der Waals surface area contributed by atoms with Crippen molar-refractivity contribution in [2.75, 3.05) is 34.0 Å². The third-order valence-corrected chi connectivity index (χ3v) is 2.63. The number of hydrogen-bond donors (Lipinski definition) is 0. The molecular weight excluding hydrogens is 324 g/mol. The van der Waals surface area contributed by atoms with Crippen molar-refractivity contribution in [1.29, 1.82) is 0 Å². The smallest absolute Gasteiger partial charge is 0.493 e. The number of rotatable bonds is 10. The zero-order valence-electron chi connectivity index (χ0n) is 13.7. The van der Waals surface area contributed by atoms with E-state index in [0.29, 0.717) is 18.1 Å². The molecule has 1 aromatic rings. The summed E-state index contributed by atoms with van der Waals surface area (Å²) >= 11 is 0. The van der Waals surface area contributed by atoms with Crippen molar-refractivity contribution < 1.29 is 43.3 Å². The molecule has 0 fully saturated rings. The van der Waals surface area contributed by atoms with Crippen LogP contribution in [0.25, 0.3) is 0 Å². The maximum Gasteiger partial charge on any atom is 0.543 e. The number of hydrogen-bond acceptors (Lipinski definition) is 9. The molecule has 0 unspecified atom stereocenters. The Morgan fingerprint density at radius 3 is 2.38 bits per heavy atom. The van der Waals surface area contributed by atoms with Crippen LogP contribution in [-0.2, 0) is 24.3 Å². The molecule has 24 heavy (non-hydrogen) atoms. The van der Waals surface area contributed by atoms with Crippen LogP contribution in [0.2, 0.25) is 0 Å². The molecule has 0 heterocycles. The van der Waals surface area contributed by atoms with E-state index in [2.05, 4.69) is 19.6 Å². The Morgan fingerprint density at radius 1 is 0.958 bits per heavy atom. The Morgan fingerprint density at radius 2 is 1.71 bits per heavy atom. The van der Waals surface area contributed by atoms with E-state index in [1.807, 2.05) is 6.92 Å². The molecule has 1 aromatic carbocycles. The monoisotopic (exact) mass is 344 g/mol. The lowest BCUT2D eigenvalue weighted by atomic mass is 10.2. The molecule has 134 valence electrons. The molecular formula is C15H20O9. The molecule has 9 heteroatoms. The number of benzene rings is 1. The van der Waals surface area contributed by atoms with E-state index in [1.165, 1.54) is 32.4 Å². The van der Waals surface area contributed by atoms with Gasteiger partial charge < -0.3 is 18.9 Å². The van der Waals surface area contributed by atoms with Gasteiger partial charge in [-0.3, -0.25) is 4.89 Å². The predicted molar refractivity (Wildman–Crippen MR) is 79.6 cm³/mol. The van der Waals surface area contributed by atoms with E-state index >= 15 is 0 Å². The van der Waals surface area contributed by atoms with E-state index in [-0.39, 0.29) is 18.8 Å². The van der Waals surface area contributed by atoms with Crippen molar-refractivity contribution in [2.24, 2.45) is 0 Å². The summed E-state index contributed by atoms with van der Waals surface area (Å²) in [6, 6.07) is 4.32. The van der Waals surface area contributed by atoms with Crippen LogP contribution in [0.15, 0.2) is 18.2 Å². The Balaban J connectivity index is 2.32. The normalized spacial score (nSPS) is 9.96. The summed E-state index contributed by atoms with van der Waals surface area (Å²) in [5, 5.41) is 4.08. The SMILES string of the molecule is CCCOCCOC(=O)OOOC(=O)c1ccc(OC)c(OC)c1. The average molecular weight is 344 g/mol. The fourth-order valence-electron chi connectivity index (χ4n) is 1.54. The molecule has 0 N–H and O–H groups in total. The minimum Gasteiger partial charge on any atom is -0.493 e. The van der Waals surface area contributed by atoms with Crippen molar-refractivity contribution in [2.45, 2.75) is 13.3 Å². The number of carbonyl (C=O) groups excluding carboxylic acids is 2. The molecule has 0 aliphatic rings. The van der Waals surface area contributed by atoms with E-state index < -0.39 is 12.1 Å². The van der Waals surface area contributed by atoms with E-state index in [0.717, 1.165) is 6.42 Å². The fourth-order valence-corrected chi connectivity index (χ4v) is 1.54. The van der Waals surface area contributed by atoms with E-state index in [1.54, 1.807) is 0 Å². The lowest BCUT2D eigenvalue weighted by Crippen LogP contribution is -2.14. The second-order valence-corrected chi connectivity index (χ2v) is 4.30. The minimum atomic E-state index is -1.16. The zero-order chi connectivity index (χ0) is 17.8. The van der Waals surface area contributed by atoms with Crippen LogP contribution >= 0.6 is 0 Å². The number of ether oxygens (including phenoxy) is 4. The lowest BCUT2D eigenvalue weighted by molar-refractivity contribution is -0.452. The van der Waals surface area contributed by atoms with E-state index in [9.17, 15) is 9.59 Å². The molecule has 0 saturated carbocycles. The van der Waals surface area contributed by atoms with Gasteiger partial charge in [-0.15, -0.1) is 0 Å². The van der Waals surface area contributed by atoms with Crippen molar-refractivity contribution in [3.05, 3.63) is 23.8 Å². The number of methoxy groups -OCH3 is 2. The molecule has 0 aliphatic carbocycles. The Bertz CT molecular complexity index is 530. The maximum absolute atomic E-state index is 11.7. The Kier molecular flexibility index (Phi) is 9.02. The highest BCUT2D eigenvalue weighted by Gasteiger charge is 2.15. The third-order valence-electron chi connectivity index (χ3n) is 2.63. The van der Waals surface area contributed by atoms with Gasteiger partial charge in [0.25, 0.3) is 0 Å². The van der Waals surface area contributed by atoms with Gasteiger partial charge in [0.1, 0.15) is 6.61 Å². The molecule has 0 atom stereocenters. The summed E-state index contributed by atoms with van der Waals surface area (Å²) in [5.74, 6) is -0.116. The average Bonchev–Trinajstić information content (AvgIpc) is 2.60. The van der Waals surface area contributed by atoms with E-state index in [4.69, 9.17) is 14.2 Å². The highest BCUT2D eigenvalue weighted by Crippen LogP contribution is 2.27. The van der Waals surface area contributed by atoms with Gasteiger partial charge in [0.2, 0.25) is 0 Å². The molecule has 1 rings (SSSR count). The van der Waals surface area contributed by atoms with Crippen LogP contribution in [-0.4, -0.2) is 46.2 Å². The second kappa shape index (κ2) is 11.1. The summed E-state index contributed by atoms with van der Waals surface area (Å²) in [6.45, 7) is 2.74. The first kappa shape index (κ1) is 19.5. The Labute approximate surface area is 139 Å². The molecule has 0 spiro atoms. The minimum absolute atomic E-state index is 0.00812. The van der Waals surface area contributed by atoms with Crippen LogP contribution in [0.3, 0.4) is 0 Å². The van der Waals surface area contributed by atoms with Gasteiger partial charge in [-0.25, -0.2) is 14.5 Å². The van der Waals surface area contributed by atoms with Gasteiger partial charge in [-0.1, -0.05) is 6.92 Å². The van der Waals surface area contributed by atoms with Gasteiger partial charge >= 0.3 is 12.1 Å². The molecule has 0 aromatic heterocycles. The maximum atomic E-state index is 11.7. The first-order valence-corrected chi connectivity index (χ1v) is 7.14. The molecule has 0 radical (unpaired) electrons.